The highest BCUT2D eigenvalue weighted by Gasteiger charge is 2.20. The lowest BCUT2D eigenvalue weighted by Gasteiger charge is -2.12. The van der Waals surface area contributed by atoms with Crippen LogP contribution in [-0.2, 0) is 19.3 Å². The summed E-state index contributed by atoms with van der Waals surface area (Å²) in [4.78, 5) is 9.65. The van der Waals surface area contributed by atoms with Crippen molar-refractivity contribution in [1.29, 1.82) is 0 Å². The van der Waals surface area contributed by atoms with E-state index in [1.54, 1.807) is 0 Å². The molecule has 0 saturated carbocycles. The first-order chi connectivity index (χ1) is 13.1. The van der Waals surface area contributed by atoms with Gasteiger partial charge in [-0.2, -0.15) is 0 Å². The minimum atomic E-state index is -0.836. The molecule has 0 amide bonds. The second kappa shape index (κ2) is 7.77. The van der Waals surface area contributed by atoms with Crippen molar-refractivity contribution in [1.82, 2.24) is 9.97 Å². The van der Waals surface area contributed by atoms with E-state index in [1.165, 1.54) is 5.56 Å². The summed E-state index contributed by atoms with van der Waals surface area (Å²) in [7, 11) is 0. The van der Waals surface area contributed by atoms with Gasteiger partial charge in [0.05, 0.1) is 12.3 Å². The van der Waals surface area contributed by atoms with Gasteiger partial charge < -0.3 is 10.2 Å². The van der Waals surface area contributed by atoms with Crippen molar-refractivity contribution in [3.63, 3.8) is 0 Å². The van der Waals surface area contributed by atoms with Crippen LogP contribution < -0.4 is 0 Å². The summed E-state index contributed by atoms with van der Waals surface area (Å²) in [6.07, 6.45) is 2.99. The molecule has 138 valence electrons. The van der Waals surface area contributed by atoms with Gasteiger partial charge in [-0.3, -0.25) is 0 Å². The molecule has 0 radical (unpaired) electrons. The first kappa shape index (κ1) is 18.1. The summed E-state index contributed by atoms with van der Waals surface area (Å²) in [5, 5.41) is 19.5. The van der Waals surface area contributed by atoms with Crippen LogP contribution in [0.5, 0.6) is 0 Å². The maximum absolute atomic E-state index is 9.74. The van der Waals surface area contributed by atoms with Crippen molar-refractivity contribution in [3.8, 4) is 11.4 Å². The average molecular weight is 381 g/mol. The van der Waals surface area contributed by atoms with Crippen LogP contribution >= 0.6 is 11.6 Å². The van der Waals surface area contributed by atoms with Crippen molar-refractivity contribution in [2.75, 3.05) is 6.61 Å². The predicted octanol–water partition coefficient (Wildman–Crippen LogP) is 3.90. The van der Waals surface area contributed by atoms with Gasteiger partial charge in [-0.25, -0.2) is 9.97 Å². The van der Waals surface area contributed by atoms with Crippen molar-refractivity contribution in [2.24, 2.45) is 0 Å². The Morgan fingerprint density at radius 3 is 2.59 bits per heavy atom. The van der Waals surface area contributed by atoms with Gasteiger partial charge in [0.25, 0.3) is 0 Å². The lowest BCUT2D eigenvalue weighted by Crippen LogP contribution is -2.05. The molecule has 1 aromatic heterocycles. The van der Waals surface area contributed by atoms with Crippen LogP contribution in [0.25, 0.3) is 11.4 Å². The number of hydrogen-bond donors (Lipinski definition) is 2. The van der Waals surface area contributed by atoms with E-state index in [0.717, 1.165) is 47.6 Å². The first-order valence-electron chi connectivity index (χ1n) is 9.16. The van der Waals surface area contributed by atoms with Gasteiger partial charge in [-0.05, 0) is 48.1 Å². The topological polar surface area (TPSA) is 66.2 Å². The number of aryl methyl sites for hydroxylation is 1. The number of benzene rings is 2. The van der Waals surface area contributed by atoms with Crippen molar-refractivity contribution in [3.05, 3.63) is 81.6 Å². The number of aliphatic hydroxyl groups is 2. The van der Waals surface area contributed by atoms with Crippen molar-refractivity contribution in [2.45, 2.75) is 31.8 Å². The fourth-order valence-corrected chi connectivity index (χ4v) is 3.76. The highest BCUT2D eigenvalue weighted by atomic mass is 35.5. The zero-order valence-corrected chi connectivity index (χ0v) is 15.7. The molecular formula is C22H21ClN2O2. The lowest BCUT2D eigenvalue weighted by atomic mass is 10.0. The Bertz CT molecular complexity index is 957. The van der Waals surface area contributed by atoms with Crippen LogP contribution in [0.1, 0.15) is 40.6 Å². The Morgan fingerprint density at radius 2 is 1.85 bits per heavy atom. The van der Waals surface area contributed by atoms with Crippen molar-refractivity contribution < 1.29 is 10.2 Å². The normalized spacial score (nSPS) is 14.2. The number of nitrogens with zero attached hydrogens (tertiary/aromatic N) is 2. The largest absolute Gasteiger partial charge is 0.393 e. The standard InChI is InChI=1S/C22H21ClN2O2/c23-17-4-1-3-16(12-17)22-24-19-6-2-5-18(19)20(25-22)11-14-7-9-15(10-8-14)21(27)13-26/h1,3-4,7-10,12,21,26-27H,2,5-6,11,13H2. The molecule has 1 atom stereocenters. The zero-order valence-electron chi connectivity index (χ0n) is 14.9. The molecule has 27 heavy (non-hydrogen) atoms. The summed E-state index contributed by atoms with van der Waals surface area (Å²) in [5.41, 5.74) is 6.23. The van der Waals surface area contributed by atoms with E-state index in [-0.39, 0.29) is 6.61 Å². The highest BCUT2D eigenvalue weighted by molar-refractivity contribution is 6.30. The van der Waals surface area contributed by atoms with E-state index < -0.39 is 6.10 Å². The number of rotatable bonds is 5. The molecule has 5 heteroatoms. The maximum Gasteiger partial charge on any atom is 0.159 e. The molecule has 1 aliphatic carbocycles. The summed E-state index contributed by atoms with van der Waals surface area (Å²) in [5.74, 6) is 0.723. The molecule has 4 rings (SSSR count). The molecule has 1 aliphatic rings. The van der Waals surface area contributed by atoms with Gasteiger partial charge in [0, 0.05) is 22.7 Å². The van der Waals surface area contributed by atoms with Crippen LogP contribution in [0.4, 0.5) is 0 Å². The third kappa shape index (κ3) is 3.88. The van der Waals surface area contributed by atoms with E-state index in [4.69, 9.17) is 26.7 Å². The average Bonchev–Trinajstić information content (AvgIpc) is 3.17. The predicted molar refractivity (Wildman–Crippen MR) is 106 cm³/mol. The summed E-state index contributed by atoms with van der Waals surface area (Å²) >= 11 is 6.14. The zero-order chi connectivity index (χ0) is 18.8. The lowest BCUT2D eigenvalue weighted by molar-refractivity contribution is 0.0956. The van der Waals surface area contributed by atoms with E-state index in [1.807, 2.05) is 48.5 Å². The molecule has 2 N–H and O–H groups in total. The third-order valence-electron chi connectivity index (χ3n) is 5.01. The van der Waals surface area contributed by atoms with E-state index in [0.29, 0.717) is 17.0 Å². The molecule has 2 aromatic carbocycles. The van der Waals surface area contributed by atoms with E-state index in [2.05, 4.69) is 0 Å². The minimum Gasteiger partial charge on any atom is -0.393 e. The second-order valence-corrected chi connectivity index (χ2v) is 7.34. The number of halogens is 1. The van der Waals surface area contributed by atoms with Crippen LogP contribution in [0.3, 0.4) is 0 Å². The molecule has 0 spiro atoms. The number of hydrogen-bond acceptors (Lipinski definition) is 4. The Morgan fingerprint density at radius 1 is 1.04 bits per heavy atom. The molecule has 4 nitrogen and oxygen atoms in total. The van der Waals surface area contributed by atoms with E-state index in [9.17, 15) is 5.11 Å². The van der Waals surface area contributed by atoms with Crippen LogP contribution in [0.2, 0.25) is 5.02 Å². The van der Waals surface area contributed by atoms with E-state index >= 15 is 0 Å². The van der Waals surface area contributed by atoms with Gasteiger partial charge in [0.2, 0.25) is 0 Å². The van der Waals surface area contributed by atoms with Crippen LogP contribution in [0, 0.1) is 0 Å². The number of fused-ring (bicyclic) bond motifs is 1. The van der Waals surface area contributed by atoms with Crippen LogP contribution in [-0.4, -0.2) is 26.8 Å². The third-order valence-corrected chi connectivity index (χ3v) is 5.25. The van der Waals surface area contributed by atoms with Gasteiger partial charge in [-0.1, -0.05) is 48.0 Å². The fourth-order valence-electron chi connectivity index (χ4n) is 3.57. The Balaban J connectivity index is 1.68. The second-order valence-electron chi connectivity index (χ2n) is 6.90. The number of aliphatic hydroxyl groups excluding tert-OH is 2. The summed E-state index contributed by atoms with van der Waals surface area (Å²) < 4.78 is 0. The van der Waals surface area contributed by atoms with Crippen molar-refractivity contribution >= 4 is 11.6 Å². The molecular weight excluding hydrogens is 360 g/mol. The van der Waals surface area contributed by atoms with Gasteiger partial charge in [-0.15, -0.1) is 0 Å². The van der Waals surface area contributed by atoms with Gasteiger partial charge >= 0.3 is 0 Å². The first-order valence-corrected chi connectivity index (χ1v) is 9.54. The SMILES string of the molecule is OCC(O)c1ccc(Cc2nc(-c3cccc(Cl)c3)nc3c2CCC3)cc1. The summed E-state index contributed by atoms with van der Waals surface area (Å²) in [6.45, 7) is -0.276. The molecule has 0 saturated heterocycles. The molecule has 0 bridgehead atoms. The fraction of sp³-hybridized carbons (Fsp3) is 0.273. The molecule has 1 unspecified atom stereocenters. The van der Waals surface area contributed by atoms with Gasteiger partial charge in [0.1, 0.15) is 6.10 Å². The smallest absolute Gasteiger partial charge is 0.159 e. The molecule has 0 fully saturated rings. The van der Waals surface area contributed by atoms with Crippen LogP contribution in [0.15, 0.2) is 48.5 Å². The molecule has 3 aromatic rings. The monoisotopic (exact) mass is 380 g/mol. The minimum absolute atomic E-state index is 0.276. The maximum atomic E-state index is 9.74. The summed E-state index contributed by atoms with van der Waals surface area (Å²) in [6, 6.07) is 15.3. The highest BCUT2D eigenvalue weighted by Crippen LogP contribution is 2.28. The quantitative estimate of drug-likeness (QED) is 0.704. The van der Waals surface area contributed by atoms with Gasteiger partial charge in [0.15, 0.2) is 5.82 Å². The Hall–Kier alpha value is -2.27. The Labute approximate surface area is 163 Å². The molecule has 0 aliphatic heterocycles. The number of aromatic nitrogens is 2. The Kier molecular flexibility index (Phi) is 5.21. The molecule has 1 heterocycles.